The molecule has 0 radical (unpaired) electrons. The van der Waals surface area contributed by atoms with Crippen LogP contribution in [0.3, 0.4) is 0 Å². The third kappa shape index (κ3) is 6.11. The molecule has 0 spiro atoms. The number of rotatable bonds is 9. The molecule has 0 fully saturated rings. The number of carbonyl (C=O) groups is 1. The zero-order valence-corrected chi connectivity index (χ0v) is 16.4. The average Bonchev–Trinajstić information content (AvgIpc) is 3.08. The molecule has 1 unspecified atom stereocenters. The van der Waals surface area contributed by atoms with Crippen LogP contribution in [-0.4, -0.2) is 40.6 Å². The molecule has 0 saturated heterocycles. The second kappa shape index (κ2) is 9.69. The number of hydrogen-bond acceptors (Lipinski definition) is 5. The SMILES string of the molecule is CC(C)C(N)CCN(C)C(=O)CCCc1nc(-c2ccc(Cl)cc2)no1. The van der Waals surface area contributed by atoms with Crippen molar-refractivity contribution >= 4 is 17.5 Å². The minimum absolute atomic E-state index is 0.110. The number of aromatic nitrogens is 2. The number of amides is 1. The van der Waals surface area contributed by atoms with Crippen molar-refractivity contribution in [1.29, 1.82) is 0 Å². The van der Waals surface area contributed by atoms with E-state index in [1.54, 1.807) is 17.0 Å². The smallest absolute Gasteiger partial charge is 0.226 e. The average molecular weight is 379 g/mol. The zero-order chi connectivity index (χ0) is 19.1. The highest BCUT2D eigenvalue weighted by Crippen LogP contribution is 2.19. The first-order valence-electron chi connectivity index (χ1n) is 8.95. The molecule has 7 heteroatoms. The fourth-order valence-electron chi connectivity index (χ4n) is 2.46. The number of nitrogens with zero attached hydrogens (tertiary/aromatic N) is 3. The number of halogens is 1. The fourth-order valence-corrected chi connectivity index (χ4v) is 2.58. The summed E-state index contributed by atoms with van der Waals surface area (Å²) in [6.07, 6.45) is 2.51. The lowest BCUT2D eigenvalue weighted by Gasteiger charge is -2.21. The van der Waals surface area contributed by atoms with E-state index in [0.717, 1.165) is 12.0 Å². The largest absolute Gasteiger partial charge is 0.346 e. The summed E-state index contributed by atoms with van der Waals surface area (Å²) in [5, 5.41) is 4.64. The minimum Gasteiger partial charge on any atom is -0.346 e. The maximum atomic E-state index is 12.2. The molecule has 1 aromatic carbocycles. The van der Waals surface area contributed by atoms with Gasteiger partial charge in [-0.05, 0) is 43.0 Å². The maximum Gasteiger partial charge on any atom is 0.226 e. The Hall–Kier alpha value is -1.92. The zero-order valence-electron chi connectivity index (χ0n) is 15.6. The second-order valence-corrected chi connectivity index (χ2v) is 7.32. The highest BCUT2D eigenvalue weighted by atomic mass is 35.5. The van der Waals surface area contributed by atoms with E-state index in [2.05, 4.69) is 24.0 Å². The number of carbonyl (C=O) groups excluding carboxylic acids is 1. The lowest BCUT2D eigenvalue weighted by Crippen LogP contribution is -2.34. The number of nitrogens with two attached hydrogens (primary N) is 1. The van der Waals surface area contributed by atoms with Crippen LogP contribution in [0.2, 0.25) is 5.02 Å². The predicted octanol–water partition coefficient (Wildman–Crippen LogP) is 3.54. The third-order valence-corrected chi connectivity index (χ3v) is 4.68. The fraction of sp³-hybridized carbons (Fsp3) is 0.526. The highest BCUT2D eigenvalue weighted by Gasteiger charge is 2.14. The van der Waals surface area contributed by atoms with Crippen molar-refractivity contribution in [3.63, 3.8) is 0 Å². The molecule has 0 aliphatic rings. The van der Waals surface area contributed by atoms with Crippen molar-refractivity contribution in [3.05, 3.63) is 35.2 Å². The van der Waals surface area contributed by atoms with Gasteiger partial charge >= 0.3 is 0 Å². The van der Waals surface area contributed by atoms with Gasteiger partial charge in [0.05, 0.1) is 0 Å². The quantitative estimate of drug-likeness (QED) is 0.721. The van der Waals surface area contributed by atoms with E-state index in [0.29, 0.717) is 48.5 Å². The van der Waals surface area contributed by atoms with E-state index in [9.17, 15) is 4.79 Å². The van der Waals surface area contributed by atoms with Crippen molar-refractivity contribution in [3.8, 4) is 11.4 Å². The highest BCUT2D eigenvalue weighted by molar-refractivity contribution is 6.30. The van der Waals surface area contributed by atoms with Gasteiger partial charge in [-0.1, -0.05) is 30.6 Å². The van der Waals surface area contributed by atoms with Crippen LogP contribution < -0.4 is 5.73 Å². The van der Waals surface area contributed by atoms with Gasteiger partial charge in [-0.2, -0.15) is 4.98 Å². The van der Waals surface area contributed by atoms with E-state index in [1.807, 2.05) is 19.2 Å². The number of aryl methyl sites for hydroxylation is 1. The first kappa shape index (κ1) is 20.4. The molecular weight excluding hydrogens is 352 g/mol. The van der Waals surface area contributed by atoms with Gasteiger partial charge in [-0.25, -0.2) is 0 Å². The molecular formula is C19H27ClN4O2. The van der Waals surface area contributed by atoms with Crippen molar-refractivity contribution in [2.24, 2.45) is 11.7 Å². The molecule has 6 nitrogen and oxygen atoms in total. The van der Waals surface area contributed by atoms with Crippen LogP contribution in [0.5, 0.6) is 0 Å². The monoisotopic (exact) mass is 378 g/mol. The summed E-state index contributed by atoms with van der Waals surface area (Å²) in [6.45, 7) is 4.86. The number of benzene rings is 1. The molecule has 2 aromatic rings. The Bertz CT molecular complexity index is 700. The van der Waals surface area contributed by atoms with Crippen LogP contribution in [0.4, 0.5) is 0 Å². The summed E-state index contributed by atoms with van der Waals surface area (Å²) < 4.78 is 5.26. The summed E-state index contributed by atoms with van der Waals surface area (Å²) in [4.78, 5) is 18.3. The third-order valence-electron chi connectivity index (χ3n) is 4.43. The van der Waals surface area contributed by atoms with E-state index < -0.39 is 0 Å². The molecule has 0 bridgehead atoms. The Morgan fingerprint density at radius 1 is 1.31 bits per heavy atom. The minimum atomic E-state index is 0.110. The van der Waals surface area contributed by atoms with E-state index in [-0.39, 0.29) is 11.9 Å². The molecule has 26 heavy (non-hydrogen) atoms. The Labute approximate surface area is 159 Å². The van der Waals surface area contributed by atoms with Crippen LogP contribution >= 0.6 is 11.6 Å². The van der Waals surface area contributed by atoms with Gasteiger partial charge in [0.2, 0.25) is 17.6 Å². The van der Waals surface area contributed by atoms with Gasteiger partial charge in [-0.3, -0.25) is 4.79 Å². The molecule has 1 amide bonds. The maximum absolute atomic E-state index is 12.2. The Morgan fingerprint density at radius 2 is 2.00 bits per heavy atom. The van der Waals surface area contributed by atoms with Gasteiger partial charge in [0.25, 0.3) is 0 Å². The first-order valence-corrected chi connectivity index (χ1v) is 9.32. The Balaban J connectivity index is 1.75. The lowest BCUT2D eigenvalue weighted by molar-refractivity contribution is -0.130. The molecule has 0 aliphatic carbocycles. The van der Waals surface area contributed by atoms with Crippen LogP contribution in [-0.2, 0) is 11.2 Å². The molecule has 0 aliphatic heterocycles. The second-order valence-electron chi connectivity index (χ2n) is 6.88. The van der Waals surface area contributed by atoms with Crippen LogP contribution in [0.25, 0.3) is 11.4 Å². The van der Waals surface area contributed by atoms with E-state index in [4.69, 9.17) is 21.9 Å². The molecule has 1 atom stereocenters. The summed E-state index contributed by atoms with van der Waals surface area (Å²) in [5.41, 5.74) is 6.88. The van der Waals surface area contributed by atoms with Crippen molar-refractivity contribution in [2.45, 2.75) is 45.6 Å². The molecule has 2 rings (SSSR count). The van der Waals surface area contributed by atoms with E-state index in [1.165, 1.54) is 0 Å². The Morgan fingerprint density at radius 3 is 2.65 bits per heavy atom. The van der Waals surface area contributed by atoms with Crippen LogP contribution in [0, 0.1) is 5.92 Å². The molecule has 142 valence electrons. The van der Waals surface area contributed by atoms with Gasteiger partial charge in [0.1, 0.15) is 0 Å². The van der Waals surface area contributed by atoms with Crippen molar-refractivity contribution in [1.82, 2.24) is 15.0 Å². The molecule has 1 heterocycles. The standard InChI is InChI=1S/C19H27ClN4O2/c1-13(2)16(21)11-12-24(3)18(25)6-4-5-17-22-19(23-26-17)14-7-9-15(20)10-8-14/h7-10,13,16H,4-6,11-12,21H2,1-3H3. The Kier molecular flexibility index (Phi) is 7.60. The molecule has 2 N–H and O–H groups in total. The summed E-state index contributed by atoms with van der Waals surface area (Å²) in [7, 11) is 1.82. The van der Waals surface area contributed by atoms with Gasteiger partial charge in [-0.15, -0.1) is 0 Å². The van der Waals surface area contributed by atoms with Crippen molar-refractivity contribution in [2.75, 3.05) is 13.6 Å². The summed E-state index contributed by atoms with van der Waals surface area (Å²) in [5.74, 6) is 1.60. The molecule has 1 aromatic heterocycles. The van der Waals surface area contributed by atoms with Crippen LogP contribution in [0.15, 0.2) is 28.8 Å². The summed E-state index contributed by atoms with van der Waals surface area (Å²) in [6, 6.07) is 7.38. The van der Waals surface area contributed by atoms with Gasteiger partial charge in [0, 0.05) is 43.1 Å². The lowest BCUT2D eigenvalue weighted by atomic mass is 10.0. The van der Waals surface area contributed by atoms with Gasteiger partial charge < -0.3 is 15.2 Å². The van der Waals surface area contributed by atoms with Gasteiger partial charge in [0.15, 0.2) is 0 Å². The van der Waals surface area contributed by atoms with Crippen LogP contribution in [0.1, 0.15) is 39.0 Å². The first-order chi connectivity index (χ1) is 12.4. The molecule has 0 saturated carbocycles. The van der Waals surface area contributed by atoms with Crippen molar-refractivity contribution < 1.29 is 9.32 Å². The topological polar surface area (TPSA) is 85.2 Å². The summed E-state index contributed by atoms with van der Waals surface area (Å²) >= 11 is 5.88. The number of hydrogen-bond donors (Lipinski definition) is 1. The van der Waals surface area contributed by atoms with E-state index >= 15 is 0 Å². The predicted molar refractivity (Wildman–Crippen MR) is 103 cm³/mol. The normalized spacial score (nSPS) is 12.4.